The number of hydrogen-bond acceptors (Lipinski definition) is 4. The molecule has 0 unspecified atom stereocenters. The van der Waals surface area contributed by atoms with Gasteiger partial charge in [0.1, 0.15) is 0 Å². The van der Waals surface area contributed by atoms with Crippen LogP contribution >= 0.6 is 11.6 Å². The second kappa shape index (κ2) is 7.53. The SMILES string of the molecule is COC(=O)CCC/C=C/c1ccc(Cl)cc1[N+](=O)[O-]. The van der Waals surface area contributed by atoms with E-state index in [-0.39, 0.29) is 11.7 Å². The first-order chi connectivity index (χ1) is 9.04. The largest absolute Gasteiger partial charge is 0.469 e. The maximum absolute atomic E-state index is 10.9. The number of allylic oxidation sites excluding steroid dienone is 1. The zero-order valence-corrected chi connectivity index (χ0v) is 11.2. The minimum absolute atomic E-state index is 0.0308. The molecule has 0 aliphatic heterocycles. The van der Waals surface area contributed by atoms with Gasteiger partial charge in [-0.25, -0.2) is 0 Å². The van der Waals surface area contributed by atoms with E-state index in [0.717, 1.165) is 0 Å². The van der Waals surface area contributed by atoms with Gasteiger partial charge >= 0.3 is 5.97 Å². The fourth-order valence-corrected chi connectivity index (χ4v) is 1.66. The van der Waals surface area contributed by atoms with Gasteiger partial charge in [0.2, 0.25) is 0 Å². The molecule has 1 aromatic rings. The number of nitrogens with zero attached hydrogens (tertiary/aromatic N) is 1. The van der Waals surface area contributed by atoms with Crippen LogP contribution in [0.5, 0.6) is 0 Å². The zero-order valence-electron chi connectivity index (χ0n) is 10.5. The molecule has 19 heavy (non-hydrogen) atoms. The summed E-state index contributed by atoms with van der Waals surface area (Å²) in [4.78, 5) is 21.2. The van der Waals surface area contributed by atoms with Crippen molar-refractivity contribution in [3.8, 4) is 0 Å². The number of esters is 1. The van der Waals surface area contributed by atoms with Crippen molar-refractivity contribution < 1.29 is 14.5 Å². The van der Waals surface area contributed by atoms with Gasteiger partial charge in [-0.1, -0.05) is 23.8 Å². The average Bonchev–Trinajstić information content (AvgIpc) is 2.39. The summed E-state index contributed by atoms with van der Waals surface area (Å²) in [5.74, 6) is -0.258. The predicted molar refractivity (Wildman–Crippen MR) is 73.0 cm³/mol. The first-order valence-electron chi connectivity index (χ1n) is 5.72. The van der Waals surface area contributed by atoms with Crippen LogP contribution < -0.4 is 0 Å². The molecule has 5 nitrogen and oxygen atoms in total. The molecule has 1 rings (SSSR count). The van der Waals surface area contributed by atoms with Crippen LogP contribution in [0.15, 0.2) is 24.3 Å². The number of carbonyl (C=O) groups excluding carboxylic acids is 1. The molecule has 0 amide bonds. The topological polar surface area (TPSA) is 69.4 Å². The van der Waals surface area contributed by atoms with Gasteiger partial charge in [-0.15, -0.1) is 0 Å². The molecule has 0 aliphatic rings. The molecule has 0 saturated heterocycles. The van der Waals surface area contributed by atoms with Crippen LogP contribution in [0, 0.1) is 10.1 Å². The van der Waals surface area contributed by atoms with Crippen molar-refractivity contribution in [2.45, 2.75) is 19.3 Å². The van der Waals surface area contributed by atoms with Gasteiger partial charge in [-0.3, -0.25) is 14.9 Å². The van der Waals surface area contributed by atoms with Crippen molar-refractivity contribution in [3.05, 3.63) is 45.0 Å². The molecule has 0 radical (unpaired) electrons. The van der Waals surface area contributed by atoms with Crippen molar-refractivity contribution in [2.75, 3.05) is 7.11 Å². The maximum Gasteiger partial charge on any atom is 0.305 e. The van der Waals surface area contributed by atoms with Crippen LogP contribution in [-0.2, 0) is 9.53 Å². The number of ether oxygens (including phenoxy) is 1. The summed E-state index contributed by atoms with van der Waals surface area (Å²) in [6, 6.07) is 4.51. The van der Waals surface area contributed by atoms with Crippen LogP contribution in [0.1, 0.15) is 24.8 Å². The minimum Gasteiger partial charge on any atom is -0.469 e. The smallest absolute Gasteiger partial charge is 0.305 e. The Morgan fingerprint density at radius 1 is 1.53 bits per heavy atom. The first-order valence-corrected chi connectivity index (χ1v) is 6.09. The van der Waals surface area contributed by atoms with E-state index in [9.17, 15) is 14.9 Å². The predicted octanol–water partition coefficient (Wildman–Crippen LogP) is 3.60. The Labute approximate surface area is 116 Å². The summed E-state index contributed by atoms with van der Waals surface area (Å²) in [7, 11) is 1.34. The monoisotopic (exact) mass is 283 g/mol. The third-order valence-electron chi connectivity index (χ3n) is 2.47. The van der Waals surface area contributed by atoms with Gasteiger partial charge in [0.15, 0.2) is 0 Å². The Balaban J connectivity index is 2.61. The number of halogens is 1. The normalized spacial score (nSPS) is 10.6. The molecule has 0 aliphatic carbocycles. The molecule has 0 fully saturated rings. The summed E-state index contributed by atoms with van der Waals surface area (Å²) >= 11 is 5.72. The summed E-state index contributed by atoms with van der Waals surface area (Å²) in [5, 5.41) is 11.2. The fraction of sp³-hybridized carbons (Fsp3) is 0.308. The number of nitro groups is 1. The van der Waals surface area contributed by atoms with Crippen LogP contribution in [0.4, 0.5) is 5.69 Å². The Morgan fingerprint density at radius 2 is 2.26 bits per heavy atom. The third kappa shape index (κ3) is 5.09. The Hall–Kier alpha value is -1.88. The number of benzene rings is 1. The highest BCUT2D eigenvalue weighted by atomic mass is 35.5. The molecule has 0 spiro atoms. The summed E-state index contributed by atoms with van der Waals surface area (Å²) in [6.45, 7) is 0. The molecule has 1 aromatic carbocycles. The van der Waals surface area contributed by atoms with E-state index in [2.05, 4.69) is 4.74 Å². The lowest BCUT2D eigenvalue weighted by molar-refractivity contribution is -0.385. The first kappa shape index (κ1) is 15.2. The molecule has 102 valence electrons. The number of rotatable bonds is 6. The second-order valence-corrected chi connectivity index (χ2v) is 4.27. The van der Waals surface area contributed by atoms with Crippen LogP contribution in [-0.4, -0.2) is 18.0 Å². The third-order valence-corrected chi connectivity index (χ3v) is 2.70. The van der Waals surface area contributed by atoms with Gasteiger partial charge in [-0.2, -0.15) is 0 Å². The highest BCUT2D eigenvalue weighted by molar-refractivity contribution is 6.30. The number of nitro benzene ring substituents is 1. The minimum atomic E-state index is -0.472. The molecule has 0 bridgehead atoms. The molecule has 0 saturated carbocycles. The Bertz CT molecular complexity index is 499. The molecular weight excluding hydrogens is 270 g/mol. The summed E-state index contributed by atoms with van der Waals surface area (Å²) in [6.07, 6.45) is 5.08. The summed E-state index contributed by atoms with van der Waals surface area (Å²) < 4.78 is 4.51. The van der Waals surface area contributed by atoms with E-state index in [0.29, 0.717) is 29.8 Å². The quantitative estimate of drug-likeness (QED) is 0.346. The lowest BCUT2D eigenvalue weighted by atomic mass is 10.1. The van der Waals surface area contributed by atoms with Crippen molar-refractivity contribution in [1.29, 1.82) is 0 Å². The number of methoxy groups -OCH3 is 1. The van der Waals surface area contributed by atoms with E-state index in [1.807, 2.05) is 0 Å². The molecule has 0 heterocycles. The maximum atomic E-state index is 10.9. The van der Waals surface area contributed by atoms with E-state index in [4.69, 9.17) is 11.6 Å². The van der Waals surface area contributed by atoms with Crippen LogP contribution in [0.3, 0.4) is 0 Å². The van der Waals surface area contributed by atoms with E-state index >= 15 is 0 Å². The molecule has 0 N–H and O–H groups in total. The second-order valence-electron chi connectivity index (χ2n) is 3.83. The van der Waals surface area contributed by atoms with Gasteiger partial charge in [0.05, 0.1) is 17.6 Å². The number of hydrogen-bond donors (Lipinski definition) is 0. The Morgan fingerprint density at radius 3 is 2.89 bits per heavy atom. The number of unbranched alkanes of at least 4 members (excludes halogenated alkanes) is 1. The zero-order chi connectivity index (χ0) is 14.3. The number of carbonyl (C=O) groups is 1. The molecule has 6 heteroatoms. The van der Waals surface area contributed by atoms with Crippen LogP contribution in [0.2, 0.25) is 5.02 Å². The summed E-state index contributed by atoms with van der Waals surface area (Å²) in [5.41, 5.74) is 0.462. The van der Waals surface area contributed by atoms with E-state index in [1.165, 1.54) is 13.2 Å². The average molecular weight is 284 g/mol. The molecule has 0 atom stereocenters. The van der Waals surface area contributed by atoms with E-state index in [1.54, 1.807) is 24.3 Å². The van der Waals surface area contributed by atoms with Crippen molar-refractivity contribution in [3.63, 3.8) is 0 Å². The highest BCUT2D eigenvalue weighted by Gasteiger charge is 2.11. The van der Waals surface area contributed by atoms with Gasteiger partial charge < -0.3 is 4.74 Å². The lowest BCUT2D eigenvalue weighted by Gasteiger charge is -1.99. The van der Waals surface area contributed by atoms with E-state index < -0.39 is 4.92 Å². The van der Waals surface area contributed by atoms with Crippen LogP contribution in [0.25, 0.3) is 6.08 Å². The lowest BCUT2D eigenvalue weighted by Crippen LogP contribution is -1.98. The Kier molecular flexibility index (Phi) is 6.02. The highest BCUT2D eigenvalue weighted by Crippen LogP contribution is 2.24. The van der Waals surface area contributed by atoms with Gasteiger partial charge in [0.25, 0.3) is 5.69 Å². The molecule has 0 aromatic heterocycles. The fourth-order valence-electron chi connectivity index (χ4n) is 1.49. The van der Waals surface area contributed by atoms with Gasteiger partial charge in [-0.05, 0) is 25.0 Å². The molecular formula is C13H14ClNO4. The van der Waals surface area contributed by atoms with Crippen molar-refractivity contribution >= 4 is 29.3 Å². The van der Waals surface area contributed by atoms with Crippen molar-refractivity contribution in [1.82, 2.24) is 0 Å². The van der Waals surface area contributed by atoms with Crippen molar-refractivity contribution in [2.24, 2.45) is 0 Å². The standard InChI is InChI=1S/C13H14ClNO4/c1-19-13(16)6-4-2-3-5-10-7-8-11(14)9-12(10)15(17)18/h3,5,7-9H,2,4,6H2,1H3/b5-3+. The van der Waals surface area contributed by atoms with Gasteiger partial charge in [0, 0.05) is 17.5 Å².